The smallest absolute Gasteiger partial charge is 0.268 e. The number of hydrogen-bond donors (Lipinski definition) is 1. The quantitative estimate of drug-likeness (QED) is 0.268. The molecular weight excluding hydrogens is 507 g/mol. The number of ketones is 1. The molecular formula is C24H23FN4O5S2. The average Bonchev–Trinajstić information content (AvgIpc) is 3.60. The van der Waals surface area contributed by atoms with Gasteiger partial charge in [0.1, 0.15) is 23.2 Å². The molecule has 36 heavy (non-hydrogen) atoms. The number of allylic oxidation sites excluding steroid dienone is 1. The molecule has 12 heteroatoms. The predicted molar refractivity (Wildman–Crippen MR) is 133 cm³/mol. The van der Waals surface area contributed by atoms with Gasteiger partial charge in [-0.05, 0) is 50.1 Å². The topological polar surface area (TPSA) is 129 Å². The lowest BCUT2D eigenvalue weighted by Crippen LogP contribution is -2.20. The van der Waals surface area contributed by atoms with Crippen LogP contribution in [0.15, 0.2) is 59.1 Å². The van der Waals surface area contributed by atoms with Crippen molar-refractivity contribution in [2.75, 3.05) is 18.8 Å². The summed E-state index contributed by atoms with van der Waals surface area (Å²) in [6.45, 7) is 1.78. The van der Waals surface area contributed by atoms with E-state index in [1.807, 2.05) is 0 Å². The van der Waals surface area contributed by atoms with Gasteiger partial charge in [-0.25, -0.2) is 25.2 Å². The summed E-state index contributed by atoms with van der Waals surface area (Å²) in [5, 5.41) is 8.94. The number of halogens is 1. The summed E-state index contributed by atoms with van der Waals surface area (Å²) in [6.07, 6.45) is 2.15. The number of nitrogens with zero attached hydrogens (tertiary/aromatic N) is 3. The van der Waals surface area contributed by atoms with Crippen LogP contribution < -0.4 is 4.72 Å². The molecule has 0 saturated heterocycles. The van der Waals surface area contributed by atoms with Gasteiger partial charge < -0.3 is 4.90 Å². The van der Waals surface area contributed by atoms with Gasteiger partial charge >= 0.3 is 0 Å². The summed E-state index contributed by atoms with van der Waals surface area (Å²) in [5.74, 6) is -1.82. The zero-order valence-electron chi connectivity index (χ0n) is 19.7. The highest BCUT2D eigenvalue weighted by atomic mass is 32.2. The summed E-state index contributed by atoms with van der Waals surface area (Å²) in [4.78, 5) is 14.6. The van der Waals surface area contributed by atoms with Crippen molar-refractivity contribution in [3.63, 3.8) is 0 Å². The molecule has 1 saturated carbocycles. The monoisotopic (exact) mass is 530 g/mol. The molecule has 4 rings (SSSR count). The van der Waals surface area contributed by atoms with E-state index >= 15 is 0 Å². The van der Waals surface area contributed by atoms with Crippen LogP contribution in [-0.2, 0) is 20.0 Å². The molecule has 1 aliphatic rings. The van der Waals surface area contributed by atoms with Crippen molar-refractivity contribution in [2.24, 2.45) is 0 Å². The number of aryl methyl sites for hydroxylation is 1. The van der Waals surface area contributed by atoms with E-state index < -0.39 is 42.6 Å². The summed E-state index contributed by atoms with van der Waals surface area (Å²) in [7, 11) is -5.08. The van der Waals surface area contributed by atoms with E-state index in [0.29, 0.717) is 12.8 Å². The summed E-state index contributed by atoms with van der Waals surface area (Å²) in [5.41, 5.74) is -0.464. The van der Waals surface area contributed by atoms with Gasteiger partial charge in [0.15, 0.2) is 0 Å². The molecule has 1 aromatic heterocycles. The molecule has 1 heterocycles. The van der Waals surface area contributed by atoms with Crippen molar-refractivity contribution in [1.29, 1.82) is 5.26 Å². The summed E-state index contributed by atoms with van der Waals surface area (Å²) >= 11 is 0. The Morgan fingerprint density at radius 3 is 2.33 bits per heavy atom. The molecule has 1 N–H and O–H groups in total. The molecule has 0 bridgehead atoms. The van der Waals surface area contributed by atoms with Crippen LogP contribution in [0.2, 0.25) is 0 Å². The van der Waals surface area contributed by atoms with E-state index in [-0.39, 0.29) is 27.1 Å². The Morgan fingerprint density at radius 2 is 1.78 bits per heavy atom. The number of aromatic nitrogens is 1. The largest absolute Gasteiger partial charge is 0.382 e. The van der Waals surface area contributed by atoms with Crippen LogP contribution >= 0.6 is 0 Å². The van der Waals surface area contributed by atoms with E-state index in [4.69, 9.17) is 0 Å². The number of carbonyl (C=O) groups excluding carboxylic acids is 1. The number of carbonyl (C=O) groups is 1. The second-order valence-electron chi connectivity index (χ2n) is 8.80. The second kappa shape index (κ2) is 9.07. The molecule has 9 nitrogen and oxygen atoms in total. The first-order chi connectivity index (χ1) is 16.8. The van der Waals surface area contributed by atoms with Gasteiger partial charge in [-0.1, -0.05) is 17.7 Å². The lowest BCUT2D eigenvalue weighted by molar-refractivity contribution is 0.103. The average molecular weight is 531 g/mol. The zero-order valence-corrected chi connectivity index (χ0v) is 21.3. The molecule has 3 aromatic rings. The van der Waals surface area contributed by atoms with Crippen LogP contribution in [0.3, 0.4) is 0 Å². The summed E-state index contributed by atoms with van der Waals surface area (Å²) in [6, 6.07) is 10.9. The third-order valence-electron chi connectivity index (χ3n) is 5.61. The molecule has 0 atom stereocenters. The highest BCUT2D eigenvalue weighted by molar-refractivity contribution is 7.93. The van der Waals surface area contributed by atoms with E-state index in [1.54, 1.807) is 39.2 Å². The van der Waals surface area contributed by atoms with E-state index in [2.05, 4.69) is 4.72 Å². The third kappa shape index (κ3) is 4.72. The number of nitrogens with one attached hydrogen (secondary N) is 1. The van der Waals surface area contributed by atoms with E-state index in [0.717, 1.165) is 21.7 Å². The highest BCUT2D eigenvalue weighted by Gasteiger charge is 2.36. The van der Waals surface area contributed by atoms with Crippen LogP contribution in [0.4, 0.5) is 10.1 Å². The fourth-order valence-corrected chi connectivity index (χ4v) is 6.55. The molecule has 0 amide bonds. The minimum absolute atomic E-state index is 0.0445. The molecule has 0 radical (unpaired) electrons. The van der Waals surface area contributed by atoms with Gasteiger partial charge in [0.05, 0.1) is 21.3 Å². The molecule has 188 valence electrons. The Hall–Kier alpha value is -3.69. The highest BCUT2D eigenvalue weighted by Crippen LogP contribution is 2.34. The number of sulfonamides is 1. The lowest BCUT2D eigenvalue weighted by Gasteiger charge is -2.13. The van der Waals surface area contributed by atoms with E-state index in [9.17, 15) is 31.3 Å². The first kappa shape index (κ1) is 25.4. The lowest BCUT2D eigenvalue weighted by atomic mass is 10.1. The summed E-state index contributed by atoms with van der Waals surface area (Å²) < 4.78 is 70.2. The second-order valence-corrected chi connectivity index (χ2v) is 12.5. The Labute approximate surface area is 208 Å². The van der Waals surface area contributed by atoms with Crippen LogP contribution in [0, 0.1) is 24.1 Å². The predicted octanol–water partition coefficient (Wildman–Crippen LogP) is 3.38. The molecule has 0 spiro atoms. The molecule has 0 aliphatic heterocycles. The molecule has 1 fully saturated rings. The van der Waals surface area contributed by atoms with Crippen LogP contribution in [-0.4, -0.2) is 50.8 Å². The zero-order chi connectivity index (χ0) is 26.4. The molecule has 2 aromatic carbocycles. The normalized spacial score (nSPS) is 14.5. The number of hydrogen-bond acceptors (Lipinski definition) is 7. The third-order valence-corrected chi connectivity index (χ3v) is 9.20. The first-order valence-corrected chi connectivity index (χ1v) is 13.9. The minimum atomic E-state index is -4.42. The van der Waals surface area contributed by atoms with Crippen LogP contribution in [0.5, 0.6) is 0 Å². The van der Waals surface area contributed by atoms with Crippen molar-refractivity contribution in [1.82, 2.24) is 8.87 Å². The molecule has 0 unspecified atom stereocenters. The Kier molecular flexibility index (Phi) is 6.40. The number of fused-ring (bicyclic) bond motifs is 1. The van der Waals surface area contributed by atoms with Gasteiger partial charge in [0.25, 0.3) is 10.0 Å². The number of anilines is 1. The molecule has 1 aliphatic carbocycles. The van der Waals surface area contributed by atoms with Crippen molar-refractivity contribution in [3.05, 3.63) is 71.3 Å². The fraction of sp³-hybridized carbons (Fsp3) is 0.250. The maximum absolute atomic E-state index is 14.9. The first-order valence-electron chi connectivity index (χ1n) is 10.9. The number of Topliss-reactive ketones (excluding diaryl/α,β-unsaturated/α-hetero) is 1. The van der Waals surface area contributed by atoms with E-state index in [1.165, 1.54) is 29.3 Å². The Morgan fingerprint density at radius 1 is 1.14 bits per heavy atom. The van der Waals surface area contributed by atoms with Crippen molar-refractivity contribution >= 4 is 42.4 Å². The minimum Gasteiger partial charge on any atom is -0.382 e. The fourth-order valence-electron chi connectivity index (χ4n) is 3.66. The van der Waals surface area contributed by atoms with Gasteiger partial charge in [-0.2, -0.15) is 5.26 Å². The SMILES string of the molecule is Cc1ccc(S(=O)(=O)n2c(C(=O)C(C#N)=CN(C)C)cc3cc(F)c(NS(=O)(=O)C4CC4)cc32)cc1. The number of rotatable bonds is 8. The number of benzene rings is 2. The van der Waals surface area contributed by atoms with Gasteiger partial charge in [-0.3, -0.25) is 9.52 Å². The van der Waals surface area contributed by atoms with Crippen molar-refractivity contribution in [2.45, 2.75) is 29.9 Å². The Bertz CT molecular complexity index is 1660. The van der Waals surface area contributed by atoms with Crippen LogP contribution in [0.25, 0.3) is 10.9 Å². The van der Waals surface area contributed by atoms with Crippen molar-refractivity contribution in [3.8, 4) is 6.07 Å². The van der Waals surface area contributed by atoms with Gasteiger partial charge in [0, 0.05) is 25.7 Å². The van der Waals surface area contributed by atoms with Crippen molar-refractivity contribution < 1.29 is 26.0 Å². The Balaban J connectivity index is 2.00. The van der Waals surface area contributed by atoms with Gasteiger partial charge in [0.2, 0.25) is 15.8 Å². The van der Waals surface area contributed by atoms with Gasteiger partial charge in [-0.15, -0.1) is 0 Å². The maximum atomic E-state index is 14.9. The standard InChI is InChI=1S/C24H23FN4O5S2/c1-15-4-6-19(7-5-15)36(33,34)29-22-12-21(27-35(31,32)18-8-9-18)20(25)10-16(22)11-23(29)24(30)17(13-26)14-28(2)3/h4-7,10-12,14,18,27H,8-9H2,1-3H3. The van der Waals surface area contributed by atoms with Crippen LogP contribution in [0.1, 0.15) is 28.9 Å². The number of nitriles is 1. The maximum Gasteiger partial charge on any atom is 0.268 e.